The summed E-state index contributed by atoms with van der Waals surface area (Å²) < 4.78 is 38.2. The molecule has 0 amide bonds. The number of nitrogens with zero attached hydrogens (tertiary/aromatic N) is 1. The van der Waals surface area contributed by atoms with Crippen LogP contribution in [0.4, 0.5) is 13.2 Å². The van der Waals surface area contributed by atoms with Crippen LogP contribution < -0.4 is 0 Å². The maximum atomic E-state index is 12.7. The summed E-state index contributed by atoms with van der Waals surface area (Å²) in [5.41, 5.74) is 1.07. The van der Waals surface area contributed by atoms with Crippen molar-refractivity contribution < 1.29 is 18.3 Å². The maximum Gasteiger partial charge on any atom is 0.417 e. The van der Waals surface area contributed by atoms with Crippen molar-refractivity contribution in [3.05, 3.63) is 50.4 Å². The maximum absolute atomic E-state index is 12.7. The van der Waals surface area contributed by atoms with Crippen LogP contribution in [0.1, 0.15) is 22.1 Å². The molecule has 1 N–H and O–H groups in total. The smallest absolute Gasteiger partial charge is 0.388 e. The van der Waals surface area contributed by atoms with E-state index in [1.54, 1.807) is 11.7 Å². The highest BCUT2D eigenvalue weighted by atomic mass is 79.9. The van der Waals surface area contributed by atoms with E-state index in [0.29, 0.717) is 0 Å². The number of thiazole rings is 1. The fraction of sp³-hybridized carbons (Fsp3) is 0.250. The SMILES string of the molecule is OC(Cc1cncs1)c1ccc(Br)c(C(F)(F)F)c1. The number of aliphatic hydroxyl groups excluding tert-OH is 1. The number of hydrogen-bond donors (Lipinski definition) is 1. The molecule has 1 aromatic heterocycles. The Morgan fingerprint density at radius 2 is 2.11 bits per heavy atom. The lowest BCUT2D eigenvalue weighted by molar-refractivity contribution is -0.138. The fourth-order valence-corrected chi connectivity index (χ4v) is 2.72. The molecule has 1 atom stereocenters. The van der Waals surface area contributed by atoms with Crippen molar-refractivity contribution in [3.63, 3.8) is 0 Å². The van der Waals surface area contributed by atoms with Gasteiger partial charge in [0.1, 0.15) is 0 Å². The van der Waals surface area contributed by atoms with E-state index in [1.807, 2.05) is 0 Å². The molecule has 0 bridgehead atoms. The minimum Gasteiger partial charge on any atom is -0.388 e. The van der Waals surface area contributed by atoms with E-state index < -0.39 is 17.8 Å². The lowest BCUT2D eigenvalue weighted by Crippen LogP contribution is -2.09. The summed E-state index contributed by atoms with van der Waals surface area (Å²) >= 11 is 4.22. The zero-order valence-corrected chi connectivity index (χ0v) is 11.9. The van der Waals surface area contributed by atoms with E-state index in [4.69, 9.17) is 0 Å². The third-order valence-corrected chi connectivity index (χ3v) is 4.05. The number of benzene rings is 1. The lowest BCUT2D eigenvalue weighted by atomic mass is 10.0. The Morgan fingerprint density at radius 3 is 2.68 bits per heavy atom. The molecule has 0 spiro atoms. The Balaban J connectivity index is 2.25. The van der Waals surface area contributed by atoms with Crippen LogP contribution in [0.3, 0.4) is 0 Å². The third kappa shape index (κ3) is 3.55. The monoisotopic (exact) mass is 351 g/mol. The van der Waals surface area contributed by atoms with E-state index in [2.05, 4.69) is 20.9 Å². The van der Waals surface area contributed by atoms with Gasteiger partial charge in [0.05, 0.1) is 17.2 Å². The molecule has 0 saturated heterocycles. The average Bonchev–Trinajstić information content (AvgIpc) is 2.80. The second-order valence-corrected chi connectivity index (χ2v) is 5.75. The van der Waals surface area contributed by atoms with E-state index in [-0.39, 0.29) is 16.5 Å². The first kappa shape index (κ1) is 14.5. The van der Waals surface area contributed by atoms with Crippen LogP contribution in [-0.2, 0) is 12.6 Å². The Morgan fingerprint density at radius 1 is 1.37 bits per heavy atom. The first-order valence-corrected chi connectivity index (χ1v) is 6.97. The molecule has 0 saturated carbocycles. The number of hydrogen-bond acceptors (Lipinski definition) is 3. The molecule has 1 aromatic carbocycles. The van der Waals surface area contributed by atoms with Gasteiger partial charge in [0, 0.05) is 22.0 Å². The molecule has 0 aliphatic heterocycles. The zero-order valence-electron chi connectivity index (χ0n) is 9.49. The Bertz CT molecular complexity index is 557. The van der Waals surface area contributed by atoms with Crippen molar-refractivity contribution in [2.24, 2.45) is 0 Å². The first-order valence-electron chi connectivity index (χ1n) is 5.30. The highest BCUT2D eigenvalue weighted by Crippen LogP contribution is 2.36. The number of aliphatic hydroxyl groups is 1. The number of aromatic nitrogens is 1. The van der Waals surface area contributed by atoms with Gasteiger partial charge in [-0.05, 0) is 17.7 Å². The highest BCUT2D eigenvalue weighted by molar-refractivity contribution is 9.10. The molecule has 0 radical (unpaired) electrons. The summed E-state index contributed by atoms with van der Waals surface area (Å²) in [6.45, 7) is 0. The second kappa shape index (κ2) is 5.60. The van der Waals surface area contributed by atoms with Crippen LogP contribution in [0.25, 0.3) is 0 Å². The summed E-state index contributed by atoms with van der Waals surface area (Å²) in [5, 5.41) is 9.97. The standard InChI is InChI=1S/C12H9BrF3NOS/c13-10-2-1-7(3-9(10)12(14,15)16)11(18)4-8-5-17-6-19-8/h1-3,5-6,11,18H,4H2. The van der Waals surface area contributed by atoms with Gasteiger partial charge >= 0.3 is 6.18 Å². The molecule has 0 aliphatic carbocycles. The highest BCUT2D eigenvalue weighted by Gasteiger charge is 2.33. The van der Waals surface area contributed by atoms with Gasteiger partial charge in [-0.25, -0.2) is 0 Å². The number of rotatable bonds is 3. The summed E-state index contributed by atoms with van der Waals surface area (Å²) in [4.78, 5) is 4.68. The van der Waals surface area contributed by atoms with Crippen LogP contribution in [0.15, 0.2) is 34.4 Å². The van der Waals surface area contributed by atoms with Crippen LogP contribution >= 0.6 is 27.3 Å². The molecule has 0 fully saturated rings. The fourth-order valence-electron chi connectivity index (χ4n) is 1.62. The molecule has 1 unspecified atom stereocenters. The minimum absolute atomic E-state index is 0.0336. The first-order chi connectivity index (χ1) is 8.88. The van der Waals surface area contributed by atoms with Gasteiger partial charge in [-0.2, -0.15) is 13.2 Å². The molecular formula is C12H9BrF3NOS. The number of alkyl halides is 3. The van der Waals surface area contributed by atoms with Crippen LogP contribution in [0.2, 0.25) is 0 Å². The summed E-state index contributed by atoms with van der Waals surface area (Å²) in [5.74, 6) is 0. The third-order valence-electron chi connectivity index (χ3n) is 2.56. The average molecular weight is 352 g/mol. The minimum atomic E-state index is -4.45. The topological polar surface area (TPSA) is 33.1 Å². The van der Waals surface area contributed by atoms with Gasteiger partial charge in [0.2, 0.25) is 0 Å². The quantitative estimate of drug-likeness (QED) is 0.898. The van der Waals surface area contributed by atoms with Gasteiger partial charge in [-0.1, -0.05) is 22.0 Å². The Labute approximate surface area is 120 Å². The summed E-state index contributed by atoms with van der Waals surface area (Å²) in [6, 6.07) is 3.74. The van der Waals surface area contributed by atoms with Gasteiger partial charge < -0.3 is 5.11 Å². The molecule has 7 heteroatoms. The van der Waals surface area contributed by atoms with Crippen LogP contribution in [0, 0.1) is 0 Å². The van der Waals surface area contributed by atoms with Crippen molar-refractivity contribution in [1.82, 2.24) is 4.98 Å². The normalized spacial score (nSPS) is 13.5. The van der Waals surface area contributed by atoms with Crippen molar-refractivity contribution >= 4 is 27.3 Å². The molecule has 102 valence electrons. The molecule has 0 aliphatic rings. The predicted octanol–water partition coefficient (Wildman–Crippen LogP) is 4.20. The van der Waals surface area contributed by atoms with Crippen LogP contribution in [0.5, 0.6) is 0 Å². The molecule has 19 heavy (non-hydrogen) atoms. The van der Waals surface area contributed by atoms with Gasteiger partial charge in [0.25, 0.3) is 0 Å². The Hall–Kier alpha value is -0.920. The Kier molecular flexibility index (Phi) is 4.27. The van der Waals surface area contributed by atoms with Crippen molar-refractivity contribution in [2.75, 3.05) is 0 Å². The predicted molar refractivity (Wildman–Crippen MR) is 69.9 cm³/mol. The summed E-state index contributed by atoms with van der Waals surface area (Å²) in [6.07, 6.45) is -3.57. The largest absolute Gasteiger partial charge is 0.417 e. The zero-order chi connectivity index (χ0) is 14.0. The van der Waals surface area contributed by atoms with Crippen molar-refractivity contribution in [1.29, 1.82) is 0 Å². The van der Waals surface area contributed by atoms with Gasteiger partial charge in [0.15, 0.2) is 0 Å². The van der Waals surface area contributed by atoms with Crippen LogP contribution in [-0.4, -0.2) is 10.1 Å². The number of halogens is 4. The van der Waals surface area contributed by atoms with Gasteiger partial charge in [-0.15, -0.1) is 11.3 Å². The lowest BCUT2D eigenvalue weighted by Gasteiger charge is -2.14. The van der Waals surface area contributed by atoms with E-state index in [1.165, 1.54) is 23.5 Å². The van der Waals surface area contributed by atoms with E-state index in [9.17, 15) is 18.3 Å². The van der Waals surface area contributed by atoms with Gasteiger partial charge in [-0.3, -0.25) is 4.98 Å². The molecule has 2 rings (SSSR count). The van der Waals surface area contributed by atoms with E-state index in [0.717, 1.165) is 10.9 Å². The summed E-state index contributed by atoms with van der Waals surface area (Å²) in [7, 11) is 0. The molecule has 2 nitrogen and oxygen atoms in total. The molecular weight excluding hydrogens is 343 g/mol. The molecule has 1 heterocycles. The van der Waals surface area contributed by atoms with Crippen molar-refractivity contribution in [3.8, 4) is 0 Å². The van der Waals surface area contributed by atoms with E-state index >= 15 is 0 Å². The van der Waals surface area contributed by atoms with Crippen molar-refractivity contribution in [2.45, 2.75) is 18.7 Å². The molecule has 2 aromatic rings. The second-order valence-electron chi connectivity index (χ2n) is 3.92.